The van der Waals surface area contributed by atoms with Gasteiger partial charge in [-0.3, -0.25) is 9.59 Å². The number of nitrogens with two attached hydrogens (primary N) is 1. The van der Waals surface area contributed by atoms with E-state index in [9.17, 15) is 14.4 Å². The number of nitrogens with one attached hydrogen (secondary N) is 1. The summed E-state index contributed by atoms with van der Waals surface area (Å²) in [6.45, 7) is 1.43. The number of carbonyl (C=O) groups is 3. The lowest BCUT2D eigenvalue weighted by Gasteiger charge is -2.36. The second-order valence-corrected chi connectivity index (χ2v) is 7.90. The predicted octanol–water partition coefficient (Wildman–Crippen LogP) is 2.56. The molecule has 1 aliphatic heterocycles. The lowest BCUT2D eigenvalue weighted by molar-refractivity contribution is -0.134. The standard InChI is InChI=1S/C21H22Cl2N4O3/c22-16-11-15(12-17(23)13-16)19(28)26-6-8-27(9-7-26)20(29)18(25-21(24)30)10-14-4-2-1-3-5-14/h1-5,11-13,18H,6-10H2,(H3,24,25,30). The van der Waals surface area contributed by atoms with Gasteiger partial charge in [0.15, 0.2) is 0 Å². The highest BCUT2D eigenvalue weighted by molar-refractivity contribution is 6.35. The third-order valence-corrected chi connectivity index (χ3v) is 5.32. The average Bonchev–Trinajstić information content (AvgIpc) is 2.72. The largest absolute Gasteiger partial charge is 0.352 e. The van der Waals surface area contributed by atoms with Crippen LogP contribution in [-0.4, -0.2) is 59.9 Å². The summed E-state index contributed by atoms with van der Waals surface area (Å²) < 4.78 is 0. The molecular weight excluding hydrogens is 427 g/mol. The van der Waals surface area contributed by atoms with Crippen molar-refractivity contribution >= 4 is 41.0 Å². The van der Waals surface area contributed by atoms with Crippen LogP contribution in [0.25, 0.3) is 0 Å². The molecule has 0 bridgehead atoms. The maximum absolute atomic E-state index is 13.0. The fourth-order valence-corrected chi connectivity index (χ4v) is 3.96. The van der Waals surface area contributed by atoms with Crippen LogP contribution < -0.4 is 11.1 Å². The van der Waals surface area contributed by atoms with Gasteiger partial charge in [0.2, 0.25) is 5.91 Å². The fourth-order valence-electron chi connectivity index (χ4n) is 3.43. The summed E-state index contributed by atoms with van der Waals surface area (Å²) in [5.41, 5.74) is 6.59. The Balaban J connectivity index is 1.63. The van der Waals surface area contributed by atoms with Crippen LogP contribution in [0.15, 0.2) is 48.5 Å². The quantitative estimate of drug-likeness (QED) is 0.735. The van der Waals surface area contributed by atoms with Gasteiger partial charge in [0.1, 0.15) is 6.04 Å². The first-order valence-electron chi connectivity index (χ1n) is 9.47. The van der Waals surface area contributed by atoms with Gasteiger partial charge < -0.3 is 20.9 Å². The average molecular weight is 449 g/mol. The Morgan fingerprint density at radius 3 is 2.07 bits per heavy atom. The molecule has 0 spiro atoms. The lowest BCUT2D eigenvalue weighted by atomic mass is 10.0. The molecule has 0 aromatic heterocycles. The van der Waals surface area contributed by atoms with Crippen LogP contribution >= 0.6 is 23.2 Å². The van der Waals surface area contributed by atoms with Crippen LogP contribution in [0, 0.1) is 0 Å². The van der Waals surface area contributed by atoms with Crippen LogP contribution in [0.2, 0.25) is 10.0 Å². The number of amides is 4. The van der Waals surface area contributed by atoms with E-state index < -0.39 is 12.1 Å². The molecule has 1 aliphatic rings. The van der Waals surface area contributed by atoms with E-state index >= 15 is 0 Å². The van der Waals surface area contributed by atoms with Gasteiger partial charge in [-0.25, -0.2) is 4.79 Å². The summed E-state index contributed by atoms with van der Waals surface area (Å²) >= 11 is 12.0. The number of primary amides is 1. The zero-order valence-corrected chi connectivity index (χ0v) is 17.7. The van der Waals surface area contributed by atoms with Crippen molar-refractivity contribution in [1.29, 1.82) is 0 Å². The second kappa shape index (κ2) is 9.82. The Morgan fingerprint density at radius 2 is 1.50 bits per heavy atom. The molecular formula is C21H22Cl2N4O3. The van der Waals surface area contributed by atoms with Crippen molar-refractivity contribution in [2.75, 3.05) is 26.2 Å². The molecule has 0 aliphatic carbocycles. The number of halogens is 2. The normalized spacial score (nSPS) is 14.9. The third-order valence-electron chi connectivity index (χ3n) is 4.89. The molecule has 0 radical (unpaired) electrons. The molecule has 1 saturated heterocycles. The molecule has 2 aromatic rings. The minimum atomic E-state index is -0.765. The topological polar surface area (TPSA) is 95.7 Å². The van der Waals surface area contributed by atoms with Gasteiger partial charge >= 0.3 is 6.03 Å². The van der Waals surface area contributed by atoms with Crippen LogP contribution in [0.3, 0.4) is 0 Å². The SMILES string of the molecule is NC(=O)NC(Cc1ccccc1)C(=O)N1CCN(C(=O)c2cc(Cl)cc(Cl)c2)CC1. The molecule has 158 valence electrons. The molecule has 9 heteroatoms. The number of piperazine rings is 1. The monoisotopic (exact) mass is 448 g/mol. The van der Waals surface area contributed by atoms with Gasteiger partial charge in [0.25, 0.3) is 5.91 Å². The summed E-state index contributed by atoms with van der Waals surface area (Å²) in [6.07, 6.45) is 0.336. The number of hydrogen-bond donors (Lipinski definition) is 2. The van der Waals surface area contributed by atoms with Gasteiger partial charge in [0, 0.05) is 48.2 Å². The van der Waals surface area contributed by atoms with E-state index in [4.69, 9.17) is 28.9 Å². The van der Waals surface area contributed by atoms with E-state index in [1.165, 1.54) is 0 Å². The zero-order valence-electron chi connectivity index (χ0n) is 16.2. The van der Waals surface area contributed by atoms with Crippen molar-refractivity contribution in [1.82, 2.24) is 15.1 Å². The zero-order chi connectivity index (χ0) is 21.7. The molecule has 1 unspecified atom stereocenters. The van der Waals surface area contributed by atoms with Crippen LogP contribution in [-0.2, 0) is 11.2 Å². The molecule has 3 rings (SSSR count). The Labute approximate surface area is 184 Å². The highest BCUT2D eigenvalue weighted by Gasteiger charge is 2.30. The molecule has 1 fully saturated rings. The molecule has 4 amide bonds. The van der Waals surface area contributed by atoms with Crippen LogP contribution in [0.4, 0.5) is 4.79 Å². The van der Waals surface area contributed by atoms with Crippen molar-refractivity contribution in [2.24, 2.45) is 5.73 Å². The molecule has 2 aromatic carbocycles. The molecule has 7 nitrogen and oxygen atoms in total. The first-order chi connectivity index (χ1) is 14.3. The van der Waals surface area contributed by atoms with E-state index in [-0.39, 0.29) is 11.8 Å². The Bertz CT molecular complexity index is 911. The summed E-state index contributed by atoms with van der Waals surface area (Å²) in [5, 5.41) is 3.32. The number of hydrogen-bond acceptors (Lipinski definition) is 3. The van der Waals surface area contributed by atoms with Gasteiger partial charge in [-0.05, 0) is 23.8 Å². The first-order valence-corrected chi connectivity index (χ1v) is 10.2. The van der Waals surface area contributed by atoms with Crippen LogP contribution in [0.1, 0.15) is 15.9 Å². The van der Waals surface area contributed by atoms with E-state index in [1.54, 1.807) is 28.0 Å². The van der Waals surface area contributed by atoms with Crippen molar-refractivity contribution in [3.8, 4) is 0 Å². The molecule has 0 saturated carbocycles. The number of carbonyl (C=O) groups excluding carboxylic acids is 3. The van der Waals surface area contributed by atoms with Gasteiger partial charge in [-0.15, -0.1) is 0 Å². The number of rotatable bonds is 5. The van der Waals surface area contributed by atoms with Crippen molar-refractivity contribution in [2.45, 2.75) is 12.5 Å². The summed E-state index contributed by atoms with van der Waals surface area (Å²) in [7, 11) is 0. The Hall–Kier alpha value is -2.77. The smallest absolute Gasteiger partial charge is 0.312 e. The highest BCUT2D eigenvalue weighted by atomic mass is 35.5. The molecule has 1 atom stereocenters. The van der Waals surface area contributed by atoms with Crippen molar-refractivity contribution in [3.05, 3.63) is 69.7 Å². The Kier molecular flexibility index (Phi) is 7.18. The molecule has 30 heavy (non-hydrogen) atoms. The maximum atomic E-state index is 13.0. The maximum Gasteiger partial charge on any atom is 0.312 e. The Morgan fingerprint density at radius 1 is 0.933 bits per heavy atom. The molecule has 3 N–H and O–H groups in total. The number of benzene rings is 2. The summed E-state index contributed by atoms with van der Waals surface area (Å²) in [4.78, 5) is 40.4. The molecule has 1 heterocycles. The minimum absolute atomic E-state index is 0.192. The van der Waals surface area contributed by atoms with E-state index in [0.29, 0.717) is 48.2 Å². The second-order valence-electron chi connectivity index (χ2n) is 7.03. The fraction of sp³-hybridized carbons (Fsp3) is 0.286. The van der Waals surface area contributed by atoms with Gasteiger partial charge in [0.05, 0.1) is 0 Å². The highest BCUT2D eigenvalue weighted by Crippen LogP contribution is 2.21. The third kappa shape index (κ3) is 5.64. The summed E-state index contributed by atoms with van der Waals surface area (Å²) in [6, 6.07) is 12.6. The number of nitrogens with zero attached hydrogens (tertiary/aromatic N) is 2. The van der Waals surface area contributed by atoms with Gasteiger partial charge in [-0.1, -0.05) is 53.5 Å². The van der Waals surface area contributed by atoms with E-state index in [0.717, 1.165) is 5.56 Å². The van der Waals surface area contributed by atoms with Gasteiger partial charge in [-0.2, -0.15) is 0 Å². The van der Waals surface area contributed by atoms with Crippen molar-refractivity contribution in [3.63, 3.8) is 0 Å². The first kappa shape index (κ1) is 21.9. The van der Waals surface area contributed by atoms with E-state index in [2.05, 4.69) is 5.32 Å². The van der Waals surface area contributed by atoms with E-state index in [1.807, 2.05) is 30.3 Å². The summed E-state index contributed by atoms with van der Waals surface area (Å²) in [5.74, 6) is -0.418. The number of urea groups is 1. The lowest BCUT2D eigenvalue weighted by Crippen LogP contribution is -2.57. The predicted molar refractivity (Wildman–Crippen MR) is 116 cm³/mol. The van der Waals surface area contributed by atoms with Crippen LogP contribution in [0.5, 0.6) is 0 Å². The van der Waals surface area contributed by atoms with Crippen molar-refractivity contribution < 1.29 is 14.4 Å². The minimum Gasteiger partial charge on any atom is -0.352 e.